The molecule has 0 unspecified atom stereocenters. The molecule has 20 heavy (non-hydrogen) atoms. The van der Waals surface area contributed by atoms with Gasteiger partial charge in [-0.15, -0.1) is 0 Å². The number of nitriles is 1. The molecule has 2 rings (SSSR count). The summed E-state index contributed by atoms with van der Waals surface area (Å²) in [4.78, 5) is 11.3. The number of primary amides is 1. The highest BCUT2D eigenvalue weighted by Crippen LogP contribution is 2.19. The summed E-state index contributed by atoms with van der Waals surface area (Å²) in [6, 6.07) is 14.9. The summed E-state index contributed by atoms with van der Waals surface area (Å²) >= 11 is 0. The zero-order valence-electron chi connectivity index (χ0n) is 11.2. The number of nitrogens with one attached hydrogen (secondary N) is 1. The number of benzene rings is 2. The molecule has 0 heterocycles. The van der Waals surface area contributed by atoms with Gasteiger partial charge in [-0.25, -0.2) is 0 Å². The van der Waals surface area contributed by atoms with Crippen LogP contribution in [0.3, 0.4) is 0 Å². The second-order valence-corrected chi connectivity index (χ2v) is 4.50. The van der Waals surface area contributed by atoms with Crippen LogP contribution in [0.2, 0.25) is 0 Å². The number of nitrogens with two attached hydrogens (primary N) is 1. The van der Waals surface area contributed by atoms with Gasteiger partial charge in [0.2, 0.25) is 5.91 Å². The summed E-state index contributed by atoms with van der Waals surface area (Å²) in [6.45, 7) is 2.48. The van der Waals surface area contributed by atoms with Crippen molar-refractivity contribution in [2.24, 2.45) is 5.73 Å². The van der Waals surface area contributed by atoms with E-state index in [2.05, 4.69) is 11.4 Å². The molecule has 4 nitrogen and oxygen atoms in total. The topological polar surface area (TPSA) is 78.9 Å². The van der Waals surface area contributed by atoms with Gasteiger partial charge in [0.05, 0.1) is 11.6 Å². The van der Waals surface area contributed by atoms with Crippen LogP contribution in [0.25, 0.3) is 0 Å². The summed E-state index contributed by atoms with van der Waals surface area (Å²) in [5.41, 5.74) is 9.27. The van der Waals surface area contributed by atoms with Crippen LogP contribution in [0, 0.1) is 18.3 Å². The fraction of sp³-hybridized carbons (Fsp3) is 0.125. The molecule has 0 atom stereocenters. The van der Waals surface area contributed by atoms with Crippen LogP contribution in [-0.4, -0.2) is 5.91 Å². The molecule has 0 aliphatic heterocycles. The fourth-order valence-electron chi connectivity index (χ4n) is 1.99. The van der Waals surface area contributed by atoms with Gasteiger partial charge in [0.25, 0.3) is 0 Å². The first-order chi connectivity index (χ1) is 9.61. The molecule has 4 heteroatoms. The summed E-state index contributed by atoms with van der Waals surface area (Å²) in [6.07, 6.45) is 0. The Bertz CT molecular complexity index is 669. The van der Waals surface area contributed by atoms with Crippen LogP contribution in [0.15, 0.2) is 42.5 Å². The first-order valence-electron chi connectivity index (χ1n) is 6.24. The van der Waals surface area contributed by atoms with E-state index in [0.29, 0.717) is 17.7 Å². The van der Waals surface area contributed by atoms with E-state index in [-0.39, 0.29) is 0 Å². The molecule has 100 valence electrons. The van der Waals surface area contributed by atoms with Crippen molar-refractivity contribution in [2.75, 3.05) is 5.32 Å². The van der Waals surface area contributed by atoms with Gasteiger partial charge < -0.3 is 11.1 Å². The van der Waals surface area contributed by atoms with Crippen LogP contribution < -0.4 is 11.1 Å². The van der Waals surface area contributed by atoms with Crippen LogP contribution in [0.5, 0.6) is 0 Å². The smallest absolute Gasteiger partial charge is 0.249 e. The Morgan fingerprint density at radius 2 is 1.95 bits per heavy atom. The van der Waals surface area contributed by atoms with Gasteiger partial charge in [-0.3, -0.25) is 4.79 Å². The molecule has 0 aliphatic rings. The Balaban J connectivity index is 2.13. The highest BCUT2D eigenvalue weighted by atomic mass is 16.1. The molecule has 0 fully saturated rings. The molecule has 2 aromatic carbocycles. The van der Waals surface area contributed by atoms with Crippen LogP contribution in [0.1, 0.15) is 27.0 Å². The van der Waals surface area contributed by atoms with Gasteiger partial charge in [0.1, 0.15) is 0 Å². The van der Waals surface area contributed by atoms with Gasteiger partial charge in [0.15, 0.2) is 0 Å². The Kier molecular flexibility index (Phi) is 4.02. The molecule has 2 aromatic rings. The first kappa shape index (κ1) is 13.6. The number of carbonyl (C=O) groups excluding carboxylic acids is 1. The second kappa shape index (κ2) is 5.89. The Morgan fingerprint density at radius 3 is 2.55 bits per heavy atom. The Morgan fingerprint density at radius 1 is 1.25 bits per heavy atom. The number of anilines is 1. The monoisotopic (exact) mass is 265 g/mol. The molecular weight excluding hydrogens is 250 g/mol. The SMILES string of the molecule is Cc1c(NCc2ccc(C#N)cc2)cccc1C(N)=O. The number of carbonyl (C=O) groups is 1. The Hall–Kier alpha value is -2.80. The highest BCUT2D eigenvalue weighted by molar-refractivity contribution is 5.95. The quantitative estimate of drug-likeness (QED) is 0.891. The second-order valence-electron chi connectivity index (χ2n) is 4.50. The first-order valence-corrected chi connectivity index (χ1v) is 6.24. The molecule has 0 spiro atoms. The number of amides is 1. The van der Waals surface area contributed by atoms with Gasteiger partial charge in [-0.1, -0.05) is 18.2 Å². The third-order valence-corrected chi connectivity index (χ3v) is 3.17. The Labute approximate surface area is 117 Å². The molecule has 0 aromatic heterocycles. The van der Waals surface area contributed by atoms with Crippen molar-refractivity contribution < 1.29 is 4.79 Å². The third kappa shape index (κ3) is 2.96. The van der Waals surface area contributed by atoms with E-state index < -0.39 is 5.91 Å². The van der Waals surface area contributed by atoms with Crippen molar-refractivity contribution >= 4 is 11.6 Å². The zero-order valence-corrected chi connectivity index (χ0v) is 11.2. The number of hydrogen-bond acceptors (Lipinski definition) is 3. The maximum absolute atomic E-state index is 11.3. The van der Waals surface area contributed by atoms with E-state index in [4.69, 9.17) is 11.0 Å². The minimum absolute atomic E-state index is 0.426. The maximum atomic E-state index is 11.3. The van der Waals surface area contributed by atoms with Gasteiger partial charge >= 0.3 is 0 Å². The normalized spacial score (nSPS) is 9.80. The predicted molar refractivity (Wildman–Crippen MR) is 78.2 cm³/mol. The van der Waals surface area contributed by atoms with E-state index >= 15 is 0 Å². The molecule has 0 bridgehead atoms. The average Bonchev–Trinajstić information content (AvgIpc) is 2.46. The maximum Gasteiger partial charge on any atom is 0.249 e. The highest BCUT2D eigenvalue weighted by Gasteiger charge is 2.07. The molecule has 3 N–H and O–H groups in total. The molecular formula is C16H15N3O. The molecule has 1 amide bonds. The molecule has 0 radical (unpaired) electrons. The van der Waals surface area contributed by atoms with Crippen LogP contribution in [0.4, 0.5) is 5.69 Å². The molecule has 0 saturated carbocycles. The lowest BCUT2D eigenvalue weighted by Gasteiger charge is -2.12. The van der Waals surface area contributed by atoms with Gasteiger partial charge in [-0.05, 0) is 42.3 Å². The standard InChI is InChI=1S/C16H15N3O/c1-11-14(16(18)20)3-2-4-15(11)19-10-13-7-5-12(9-17)6-8-13/h2-8,19H,10H2,1H3,(H2,18,20). The van der Waals surface area contributed by atoms with Crippen molar-refractivity contribution in [1.29, 1.82) is 5.26 Å². The van der Waals surface area contributed by atoms with Crippen molar-refractivity contribution in [3.8, 4) is 6.07 Å². The fourth-order valence-corrected chi connectivity index (χ4v) is 1.99. The lowest BCUT2D eigenvalue weighted by molar-refractivity contribution is 0.1000. The summed E-state index contributed by atoms with van der Waals surface area (Å²) in [7, 11) is 0. The van der Waals surface area contributed by atoms with E-state index in [0.717, 1.165) is 16.8 Å². The largest absolute Gasteiger partial charge is 0.381 e. The summed E-state index contributed by atoms with van der Waals surface area (Å²) in [5, 5.41) is 12.0. The minimum Gasteiger partial charge on any atom is -0.381 e. The van der Waals surface area contributed by atoms with Crippen molar-refractivity contribution in [3.05, 3.63) is 64.7 Å². The predicted octanol–water partition coefficient (Wildman–Crippen LogP) is 2.58. The number of hydrogen-bond donors (Lipinski definition) is 2. The summed E-state index contributed by atoms with van der Waals surface area (Å²) in [5.74, 6) is -0.426. The molecule has 0 aliphatic carbocycles. The minimum atomic E-state index is -0.426. The van der Waals surface area contributed by atoms with Crippen molar-refractivity contribution in [3.63, 3.8) is 0 Å². The number of rotatable bonds is 4. The average molecular weight is 265 g/mol. The van der Waals surface area contributed by atoms with Crippen LogP contribution in [-0.2, 0) is 6.54 Å². The van der Waals surface area contributed by atoms with E-state index in [1.54, 1.807) is 24.3 Å². The van der Waals surface area contributed by atoms with Crippen molar-refractivity contribution in [1.82, 2.24) is 0 Å². The lowest BCUT2D eigenvalue weighted by Crippen LogP contribution is -2.13. The van der Waals surface area contributed by atoms with E-state index in [1.807, 2.05) is 25.1 Å². The van der Waals surface area contributed by atoms with Gasteiger partial charge in [-0.2, -0.15) is 5.26 Å². The van der Waals surface area contributed by atoms with E-state index in [9.17, 15) is 4.79 Å². The number of nitrogens with zero attached hydrogens (tertiary/aromatic N) is 1. The van der Waals surface area contributed by atoms with Crippen LogP contribution >= 0.6 is 0 Å². The molecule has 0 saturated heterocycles. The van der Waals surface area contributed by atoms with Gasteiger partial charge in [0, 0.05) is 17.8 Å². The van der Waals surface area contributed by atoms with E-state index in [1.165, 1.54) is 0 Å². The lowest BCUT2D eigenvalue weighted by atomic mass is 10.1. The summed E-state index contributed by atoms with van der Waals surface area (Å²) < 4.78 is 0. The van der Waals surface area contributed by atoms with Crippen molar-refractivity contribution in [2.45, 2.75) is 13.5 Å². The third-order valence-electron chi connectivity index (χ3n) is 3.17. The zero-order chi connectivity index (χ0) is 14.5.